The maximum absolute atomic E-state index is 5.08. The zero-order chi connectivity index (χ0) is 17.6. The van der Waals surface area contributed by atoms with Crippen molar-refractivity contribution in [3.8, 4) is 0 Å². The van der Waals surface area contributed by atoms with Gasteiger partial charge in [0, 0.05) is 25.6 Å². The fourth-order valence-corrected chi connectivity index (χ4v) is 2.84. The zero-order valence-electron chi connectivity index (χ0n) is 15.2. The summed E-state index contributed by atoms with van der Waals surface area (Å²) < 4.78 is 5.08. The molecule has 0 fully saturated rings. The molecule has 2 heterocycles. The second-order valence-corrected chi connectivity index (χ2v) is 6.19. The van der Waals surface area contributed by atoms with Gasteiger partial charge in [-0.2, -0.15) is 0 Å². The molecular weight excluding hydrogens is 316 g/mol. The van der Waals surface area contributed by atoms with Gasteiger partial charge in [0.15, 0.2) is 0 Å². The number of hydrogen-bond donors (Lipinski definition) is 2. The highest BCUT2D eigenvalue weighted by Crippen LogP contribution is 2.19. The van der Waals surface area contributed by atoms with Crippen LogP contribution in [0, 0.1) is 6.92 Å². The summed E-state index contributed by atoms with van der Waals surface area (Å²) in [5, 5.41) is 7.57. The second-order valence-electron chi connectivity index (χ2n) is 6.19. The van der Waals surface area contributed by atoms with Gasteiger partial charge in [-0.25, -0.2) is 15.0 Å². The van der Waals surface area contributed by atoms with Crippen LogP contribution in [0.15, 0.2) is 23.2 Å². The van der Waals surface area contributed by atoms with Crippen molar-refractivity contribution in [3.63, 3.8) is 0 Å². The number of benzene rings is 1. The van der Waals surface area contributed by atoms with E-state index in [2.05, 4.69) is 55.6 Å². The molecule has 1 aliphatic rings. The quantitative estimate of drug-likeness (QED) is 0.784. The van der Waals surface area contributed by atoms with Gasteiger partial charge < -0.3 is 10.1 Å². The van der Waals surface area contributed by atoms with Crippen LogP contribution < -0.4 is 10.6 Å². The summed E-state index contributed by atoms with van der Waals surface area (Å²) in [4.78, 5) is 15.9. The van der Waals surface area contributed by atoms with Crippen LogP contribution in [0.4, 0.5) is 5.95 Å². The van der Waals surface area contributed by atoms with Crippen LogP contribution in [-0.2, 0) is 11.2 Å². The molecule has 3 rings (SSSR count). The molecule has 0 saturated heterocycles. The molecule has 1 aromatic carbocycles. The smallest absolute Gasteiger partial charge is 0.230 e. The van der Waals surface area contributed by atoms with Crippen molar-refractivity contribution in [3.05, 3.63) is 29.5 Å². The van der Waals surface area contributed by atoms with E-state index in [-0.39, 0.29) is 0 Å². The Hall–Kier alpha value is -2.25. The summed E-state index contributed by atoms with van der Waals surface area (Å²) in [6, 6.07) is 6.34. The van der Waals surface area contributed by atoms with E-state index in [0.717, 1.165) is 49.3 Å². The second kappa shape index (κ2) is 8.22. The van der Waals surface area contributed by atoms with Crippen molar-refractivity contribution in [2.24, 2.45) is 4.99 Å². The Morgan fingerprint density at radius 1 is 1.32 bits per heavy atom. The molecule has 0 bridgehead atoms. The molecule has 7 nitrogen and oxygen atoms in total. The molecule has 2 N–H and O–H groups in total. The van der Waals surface area contributed by atoms with Crippen molar-refractivity contribution in [2.45, 2.75) is 26.7 Å². The molecule has 0 spiro atoms. The third-order valence-corrected chi connectivity index (χ3v) is 4.31. The normalized spacial score (nSPS) is 15.1. The third kappa shape index (κ3) is 4.43. The lowest BCUT2D eigenvalue weighted by molar-refractivity contribution is 0.170. The molecule has 134 valence electrons. The topological polar surface area (TPSA) is 74.7 Å². The maximum Gasteiger partial charge on any atom is 0.230 e. The Morgan fingerprint density at radius 2 is 2.20 bits per heavy atom. The van der Waals surface area contributed by atoms with Crippen LogP contribution in [0.2, 0.25) is 0 Å². The summed E-state index contributed by atoms with van der Waals surface area (Å²) in [5.74, 6) is 1.29. The third-order valence-electron chi connectivity index (χ3n) is 4.31. The average Bonchev–Trinajstić information content (AvgIpc) is 2.63. The number of nitrogens with zero attached hydrogens (tertiary/aromatic N) is 4. The molecular formula is C18H26N6O. The van der Waals surface area contributed by atoms with Gasteiger partial charge in [-0.05, 0) is 37.5 Å². The number of aromatic nitrogens is 2. The number of fused-ring (bicyclic) bond motifs is 1. The number of methoxy groups -OCH3 is 1. The highest BCUT2D eigenvalue weighted by Gasteiger charge is 2.13. The van der Waals surface area contributed by atoms with Crippen molar-refractivity contribution >= 4 is 22.8 Å². The van der Waals surface area contributed by atoms with Gasteiger partial charge in [-0.3, -0.25) is 10.2 Å². The predicted molar refractivity (Wildman–Crippen MR) is 101 cm³/mol. The molecule has 1 aromatic heterocycles. The van der Waals surface area contributed by atoms with Gasteiger partial charge >= 0.3 is 0 Å². The molecule has 0 amide bonds. The molecule has 0 radical (unpaired) electrons. The van der Waals surface area contributed by atoms with Crippen LogP contribution in [0.5, 0.6) is 0 Å². The molecule has 0 aliphatic carbocycles. The van der Waals surface area contributed by atoms with Crippen LogP contribution in [0.25, 0.3) is 10.9 Å². The van der Waals surface area contributed by atoms with E-state index in [9.17, 15) is 0 Å². The minimum atomic E-state index is 0.577. The number of aryl methyl sites for hydroxylation is 2. The van der Waals surface area contributed by atoms with E-state index in [0.29, 0.717) is 18.6 Å². The van der Waals surface area contributed by atoms with E-state index in [1.165, 1.54) is 5.56 Å². The lowest BCUT2D eigenvalue weighted by Crippen LogP contribution is -2.46. The van der Waals surface area contributed by atoms with Crippen LogP contribution >= 0.6 is 0 Å². The standard InChI is InChI=1S/C18H26N6O/c1-4-14-6-7-16-15(10-14)13(2)21-18(22-16)23-17-19-11-24(12-20-17)8-5-9-25-3/h6-7,10H,4-5,8-9,11-12H2,1-3H3,(H2,19,20,21,22,23). The fraction of sp³-hybridized carbons (Fsp3) is 0.500. The predicted octanol–water partition coefficient (Wildman–Crippen LogP) is 2.13. The Bertz CT molecular complexity index is 761. The number of hydrogen-bond acceptors (Lipinski definition) is 7. The van der Waals surface area contributed by atoms with E-state index in [1.807, 2.05) is 6.92 Å². The largest absolute Gasteiger partial charge is 0.385 e. The van der Waals surface area contributed by atoms with Crippen LogP contribution in [0.1, 0.15) is 24.6 Å². The summed E-state index contributed by atoms with van der Waals surface area (Å²) in [6.07, 6.45) is 2.01. The Labute approximate surface area is 148 Å². The van der Waals surface area contributed by atoms with Gasteiger partial charge in [0.25, 0.3) is 0 Å². The molecule has 0 saturated carbocycles. The highest BCUT2D eigenvalue weighted by molar-refractivity contribution is 5.93. The van der Waals surface area contributed by atoms with Crippen molar-refractivity contribution < 1.29 is 4.74 Å². The van der Waals surface area contributed by atoms with Gasteiger partial charge in [0.05, 0.1) is 24.5 Å². The van der Waals surface area contributed by atoms with E-state index in [4.69, 9.17) is 4.74 Å². The minimum Gasteiger partial charge on any atom is -0.385 e. The Kier molecular flexibility index (Phi) is 5.78. The molecule has 0 unspecified atom stereocenters. The Morgan fingerprint density at radius 3 is 2.92 bits per heavy atom. The first-order valence-corrected chi connectivity index (χ1v) is 8.73. The van der Waals surface area contributed by atoms with Gasteiger partial charge in [-0.1, -0.05) is 13.0 Å². The molecule has 7 heteroatoms. The Balaban J connectivity index is 1.67. The van der Waals surface area contributed by atoms with Crippen molar-refractivity contribution in [1.82, 2.24) is 20.2 Å². The van der Waals surface area contributed by atoms with E-state index in [1.54, 1.807) is 7.11 Å². The number of aliphatic imine (C=N–C) groups is 1. The number of ether oxygens (including phenoxy) is 1. The highest BCUT2D eigenvalue weighted by atomic mass is 16.5. The number of nitrogens with one attached hydrogen (secondary N) is 2. The van der Waals surface area contributed by atoms with Gasteiger partial charge in [-0.15, -0.1) is 0 Å². The first-order valence-electron chi connectivity index (χ1n) is 8.73. The number of guanidine groups is 1. The summed E-state index contributed by atoms with van der Waals surface area (Å²) in [5.41, 5.74) is 3.22. The monoisotopic (exact) mass is 342 g/mol. The number of rotatable bonds is 6. The van der Waals surface area contributed by atoms with E-state index < -0.39 is 0 Å². The van der Waals surface area contributed by atoms with Gasteiger partial charge in [0.2, 0.25) is 11.9 Å². The van der Waals surface area contributed by atoms with E-state index >= 15 is 0 Å². The first-order chi connectivity index (χ1) is 12.2. The van der Waals surface area contributed by atoms with Crippen molar-refractivity contribution in [1.29, 1.82) is 0 Å². The van der Waals surface area contributed by atoms with Crippen LogP contribution in [-0.4, -0.2) is 54.4 Å². The summed E-state index contributed by atoms with van der Waals surface area (Å²) >= 11 is 0. The number of anilines is 1. The van der Waals surface area contributed by atoms with Crippen molar-refractivity contribution in [2.75, 3.05) is 38.9 Å². The zero-order valence-corrected chi connectivity index (χ0v) is 15.2. The van der Waals surface area contributed by atoms with Crippen LogP contribution in [0.3, 0.4) is 0 Å². The SMILES string of the molecule is CCc1ccc2nc(NC3=NCN(CCCOC)CN3)nc(C)c2c1. The lowest BCUT2D eigenvalue weighted by Gasteiger charge is -2.26. The first kappa shape index (κ1) is 17.6. The fourth-order valence-electron chi connectivity index (χ4n) is 2.84. The molecule has 1 aliphatic heterocycles. The lowest BCUT2D eigenvalue weighted by atomic mass is 10.1. The molecule has 25 heavy (non-hydrogen) atoms. The minimum absolute atomic E-state index is 0.577. The van der Waals surface area contributed by atoms with Gasteiger partial charge in [0.1, 0.15) is 0 Å². The maximum atomic E-state index is 5.08. The molecule has 2 aromatic rings. The average molecular weight is 342 g/mol. The summed E-state index contributed by atoms with van der Waals surface area (Å²) in [6.45, 7) is 7.31. The molecule has 0 atom stereocenters. The summed E-state index contributed by atoms with van der Waals surface area (Å²) in [7, 11) is 1.73.